The summed E-state index contributed by atoms with van der Waals surface area (Å²) in [6, 6.07) is 28.2. The van der Waals surface area contributed by atoms with Gasteiger partial charge in [-0.1, -0.05) is 66.7 Å². The summed E-state index contributed by atoms with van der Waals surface area (Å²) in [7, 11) is 1.64. The zero-order valence-electron chi connectivity index (χ0n) is 17.4. The van der Waals surface area contributed by atoms with E-state index in [0.717, 1.165) is 11.4 Å². The third-order valence-corrected chi connectivity index (χ3v) is 4.93. The van der Waals surface area contributed by atoms with Gasteiger partial charge < -0.3 is 20.7 Å². The molecule has 3 aromatic carbocycles. The number of methoxy groups -OCH3 is 1. The predicted molar refractivity (Wildman–Crippen MR) is 125 cm³/mol. The molecule has 4 rings (SSSR count). The van der Waals surface area contributed by atoms with Crippen LogP contribution in [0.1, 0.15) is 11.1 Å². The summed E-state index contributed by atoms with van der Waals surface area (Å²) in [5, 5.41) is 3.29. The second-order valence-corrected chi connectivity index (χ2v) is 7.14. The third-order valence-electron chi connectivity index (χ3n) is 4.93. The molecule has 0 saturated heterocycles. The number of hydrogen-bond acceptors (Lipinski definition) is 6. The lowest BCUT2D eigenvalue weighted by molar-refractivity contribution is 0.415. The van der Waals surface area contributed by atoms with Gasteiger partial charge >= 0.3 is 0 Å². The average molecular weight is 412 g/mol. The summed E-state index contributed by atoms with van der Waals surface area (Å²) in [4.78, 5) is 11.1. The average Bonchev–Trinajstić information content (AvgIpc) is 2.81. The molecule has 31 heavy (non-hydrogen) atoms. The number of ether oxygens (including phenoxy) is 1. The zero-order valence-corrected chi connectivity index (χ0v) is 17.4. The Kier molecular flexibility index (Phi) is 6.28. The number of benzene rings is 3. The van der Waals surface area contributed by atoms with E-state index in [9.17, 15) is 0 Å². The molecule has 0 aliphatic carbocycles. The molecule has 0 fully saturated rings. The zero-order chi connectivity index (χ0) is 21.5. The van der Waals surface area contributed by atoms with E-state index >= 15 is 0 Å². The van der Waals surface area contributed by atoms with Crippen molar-refractivity contribution in [2.24, 2.45) is 0 Å². The summed E-state index contributed by atoms with van der Waals surface area (Å²) < 4.78 is 5.31. The van der Waals surface area contributed by atoms with Gasteiger partial charge in [-0.05, 0) is 23.3 Å². The van der Waals surface area contributed by atoms with Crippen LogP contribution >= 0.6 is 0 Å². The first-order valence-corrected chi connectivity index (χ1v) is 10.1. The summed E-state index contributed by atoms with van der Waals surface area (Å²) in [6.45, 7) is 1.35. The highest BCUT2D eigenvalue weighted by molar-refractivity contribution is 5.78. The van der Waals surface area contributed by atoms with Crippen molar-refractivity contribution in [3.8, 4) is 5.75 Å². The molecule has 0 radical (unpaired) electrons. The molecule has 0 amide bonds. The molecule has 0 spiro atoms. The monoisotopic (exact) mass is 411 g/mol. The number of nitrogens with one attached hydrogen (secondary N) is 1. The third kappa shape index (κ3) is 5.11. The fourth-order valence-electron chi connectivity index (χ4n) is 3.39. The topological polar surface area (TPSA) is 76.3 Å². The number of nitrogen functional groups attached to an aromatic ring is 1. The van der Waals surface area contributed by atoms with Crippen LogP contribution in [0.25, 0.3) is 0 Å². The molecule has 1 aromatic heterocycles. The highest BCUT2D eigenvalue weighted by atomic mass is 16.5. The van der Waals surface area contributed by atoms with Crippen LogP contribution in [0.5, 0.6) is 5.75 Å². The highest BCUT2D eigenvalue weighted by Gasteiger charge is 2.17. The molecular weight excluding hydrogens is 386 g/mol. The lowest BCUT2D eigenvalue weighted by Gasteiger charge is -2.26. The molecule has 6 nitrogen and oxygen atoms in total. The number of nitrogens with zero attached hydrogens (tertiary/aromatic N) is 3. The second kappa shape index (κ2) is 9.63. The van der Waals surface area contributed by atoms with Crippen LogP contribution in [-0.4, -0.2) is 17.1 Å². The van der Waals surface area contributed by atoms with Crippen LogP contribution in [0, 0.1) is 0 Å². The van der Waals surface area contributed by atoms with Crippen LogP contribution in [0.15, 0.2) is 91.3 Å². The van der Waals surface area contributed by atoms with E-state index in [0.29, 0.717) is 30.4 Å². The van der Waals surface area contributed by atoms with Crippen LogP contribution in [0.3, 0.4) is 0 Å². The molecule has 0 unspecified atom stereocenters. The number of aromatic nitrogens is 2. The molecule has 4 aromatic rings. The Hall–Kier alpha value is -4.06. The summed E-state index contributed by atoms with van der Waals surface area (Å²) in [6.07, 6.45) is 1.54. The lowest BCUT2D eigenvalue weighted by Crippen LogP contribution is -2.24. The second-order valence-electron chi connectivity index (χ2n) is 7.14. The molecule has 0 aliphatic heterocycles. The smallest absolute Gasteiger partial charge is 0.159 e. The van der Waals surface area contributed by atoms with Crippen LogP contribution in [-0.2, 0) is 13.1 Å². The Labute approximate surface area is 182 Å². The molecule has 6 heteroatoms. The van der Waals surface area contributed by atoms with E-state index in [-0.39, 0.29) is 0 Å². The van der Waals surface area contributed by atoms with E-state index in [1.165, 1.54) is 17.5 Å². The standard InChI is InChI=1S/C25H25N5O/c1-31-22-14-8-13-21(15-22)29-24-23(26)25(28-18-27-24)30(16-19-9-4-2-5-10-19)17-20-11-6-3-7-12-20/h2-15,18H,16-17,26H2,1H3,(H,27,28,29). The molecule has 0 bridgehead atoms. The van der Waals surface area contributed by atoms with Crippen molar-refractivity contribution in [3.05, 3.63) is 102 Å². The van der Waals surface area contributed by atoms with Crippen molar-refractivity contribution in [3.63, 3.8) is 0 Å². The first-order chi connectivity index (χ1) is 15.2. The predicted octanol–water partition coefficient (Wildman–Crippen LogP) is 5.02. The van der Waals surface area contributed by atoms with Gasteiger partial charge in [-0.2, -0.15) is 0 Å². The highest BCUT2D eigenvalue weighted by Crippen LogP contribution is 2.31. The summed E-state index contributed by atoms with van der Waals surface area (Å²) in [5.74, 6) is 2.00. The van der Waals surface area contributed by atoms with E-state index in [1.54, 1.807) is 7.11 Å². The van der Waals surface area contributed by atoms with Crippen molar-refractivity contribution in [1.29, 1.82) is 0 Å². The summed E-state index contributed by atoms with van der Waals surface area (Å²) >= 11 is 0. The molecule has 1 heterocycles. The largest absolute Gasteiger partial charge is 0.497 e. The Morgan fingerprint density at radius 2 is 1.48 bits per heavy atom. The first kappa shape index (κ1) is 20.2. The van der Waals surface area contributed by atoms with Crippen molar-refractivity contribution < 1.29 is 4.74 Å². The van der Waals surface area contributed by atoms with Gasteiger partial charge in [-0.3, -0.25) is 0 Å². The lowest BCUT2D eigenvalue weighted by atomic mass is 10.1. The number of nitrogens with two attached hydrogens (primary N) is 1. The van der Waals surface area contributed by atoms with Gasteiger partial charge in [0.2, 0.25) is 0 Å². The normalized spacial score (nSPS) is 10.5. The first-order valence-electron chi connectivity index (χ1n) is 10.1. The minimum Gasteiger partial charge on any atom is -0.497 e. The Bertz CT molecular complexity index is 1080. The van der Waals surface area contributed by atoms with Gasteiger partial charge in [0, 0.05) is 24.8 Å². The van der Waals surface area contributed by atoms with E-state index < -0.39 is 0 Å². The van der Waals surface area contributed by atoms with E-state index in [4.69, 9.17) is 10.5 Å². The van der Waals surface area contributed by atoms with Gasteiger partial charge in [0.15, 0.2) is 11.6 Å². The van der Waals surface area contributed by atoms with Gasteiger partial charge in [-0.15, -0.1) is 0 Å². The quantitative estimate of drug-likeness (QED) is 0.424. The molecule has 3 N–H and O–H groups in total. The van der Waals surface area contributed by atoms with Crippen LogP contribution < -0.4 is 20.7 Å². The molecule has 0 aliphatic rings. The number of anilines is 4. The van der Waals surface area contributed by atoms with E-state index in [1.807, 2.05) is 60.7 Å². The Morgan fingerprint density at radius 3 is 2.10 bits per heavy atom. The van der Waals surface area contributed by atoms with Gasteiger partial charge in [-0.25, -0.2) is 9.97 Å². The molecular formula is C25H25N5O. The summed E-state index contributed by atoms with van der Waals surface area (Å²) in [5.41, 5.74) is 10.2. The minimum absolute atomic E-state index is 0.497. The maximum absolute atomic E-state index is 6.55. The fraction of sp³-hybridized carbons (Fsp3) is 0.120. The Morgan fingerprint density at radius 1 is 0.839 bits per heavy atom. The van der Waals surface area contributed by atoms with Crippen LogP contribution in [0.2, 0.25) is 0 Å². The van der Waals surface area contributed by atoms with Crippen molar-refractivity contribution in [1.82, 2.24) is 9.97 Å². The van der Waals surface area contributed by atoms with Gasteiger partial charge in [0.1, 0.15) is 17.8 Å². The molecule has 156 valence electrons. The van der Waals surface area contributed by atoms with Gasteiger partial charge in [0.25, 0.3) is 0 Å². The maximum Gasteiger partial charge on any atom is 0.159 e. The van der Waals surface area contributed by atoms with Gasteiger partial charge in [0.05, 0.1) is 7.11 Å². The van der Waals surface area contributed by atoms with E-state index in [2.05, 4.69) is 44.5 Å². The SMILES string of the molecule is COc1cccc(Nc2ncnc(N(Cc3ccccc3)Cc3ccccc3)c2N)c1. The number of hydrogen-bond donors (Lipinski definition) is 2. The van der Waals surface area contributed by atoms with Crippen LogP contribution in [0.4, 0.5) is 23.0 Å². The van der Waals surface area contributed by atoms with Crippen molar-refractivity contribution in [2.45, 2.75) is 13.1 Å². The van der Waals surface area contributed by atoms with Crippen molar-refractivity contribution >= 4 is 23.0 Å². The van der Waals surface area contributed by atoms with Crippen molar-refractivity contribution in [2.75, 3.05) is 23.1 Å². The number of rotatable bonds is 8. The minimum atomic E-state index is 0.497. The Balaban J connectivity index is 1.66. The fourth-order valence-corrected chi connectivity index (χ4v) is 3.39. The maximum atomic E-state index is 6.55. The molecule has 0 saturated carbocycles. The molecule has 0 atom stereocenters.